The van der Waals surface area contributed by atoms with Gasteiger partial charge in [-0.15, -0.1) is 10.2 Å². The number of rotatable bonds is 4. The molecule has 1 unspecified atom stereocenters. The minimum Gasteiger partial charge on any atom is -0.306 e. The van der Waals surface area contributed by atoms with Crippen LogP contribution in [0.1, 0.15) is 38.4 Å². The van der Waals surface area contributed by atoms with Crippen molar-refractivity contribution in [3.8, 4) is 0 Å². The van der Waals surface area contributed by atoms with Crippen LogP contribution in [-0.4, -0.2) is 25.9 Å². The van der Waals surface area contributed by atoms with Crippen molar-refractivity contribution >= 4 is 17.7 Å². The van der Waals surface area contributed by atoms with Crippen molar-refractivity contribution in [1.82, 2.24) is 20.2 Å². The van der Waals surface area contributed by atoms with E-state index in [0.717, 1.165) is 36.8 Å². The van der Waals surface area contributed by atoms with Gasteiger partial charge in [0.15, 0.2) is 5.16 Å². The van der Waals surface area contributed by atoms with Crippen molar-refractivity contribution in [3.63, 3.8) is 0 Å². The van der Waals surface area contributed by atoms with Gasteiger partial charge in [-0.1, -0.05) is 25.1 Å². The standard InChI is InChI=1S/C11H19N5OS/c1-2-8(10(17)13-12)18-11-15-14-9-6-4-3-5-7-16(9)11/h8H,2-7,12H2,1H3,(H,13,17). The van der Waals surface area contributed by atoms with Crippen LogP contribution in [0, 0.1) is 0 Å². The molecule has 1 atom stereocenters. The summed E-state index contributed by atoms with van der Waals surface area (Å²) in [6, 6.07) is 0. The Bertz CT molecular complexity index is 420. The molecular formula is C11H19N5OS. The fourth-order valence-electron chi connectivity index (χ4n) is 2.09. The van der Waals surface area contributed by atoms with E-state index in [1.54, 1.807) is 0 Å². The molecule has 0 saturated heterocycles. The first-order valence-corrected chi connectivity index (χ1v) is 7.23. The zero-order chi connectivity index (χ0) is 13.0. The van der Waals surface area contributed by atoms with Gasteiger partial charge < -0.3 is 4.57 Å². The second-order valence-electron chi connectivity index (χ2n) is 4.38. The number of nitrogens with zero attached hydrogens (tertiary/aromatic N) is 3. The first-order valence-electron chi connectivity index (χ1n) is 6.35. The molecular weight excluding hydrogens is 250 g/mol. The van der Waals surface area contributed by atoms with Crippen LogP contribution in [0.4, 0.5) is 0 Å². The zero-order valence-corrected chi connectivity index (χ0v) is 11.4. The zero-order valence-electron chi connectivity index (χ0n) is 10.6. The van der Waals surface area contributed by atoms with Crippen LogP contribution in [0.5, 0.6) is 0 Å². The van der Waals surface area contributed by atoms with E-state index in [4.69, 9.17) is 5.84 Å². The van der Waals surface area contributed by atoms with Crippen LogP contribution in [-0.2, 0) is 17.8 Å². The molecule has 0 radical (unpaired) electrons. The number of nitrogens with two attached hydrogens (primary N) is 1. The molecule has 6 nitrogen and oxygen atoms in total. The second-order valence-corrected chi connectivity index (χ2v) is 5.55. The molecule has 3 N–H and O–H groups in total. The highest BCUT2D eigenvalue weighted by Gasteiger charge is 2.22. The summed E-state index contributed by atoms with van der Waals surface area (Å²) in [6.07, 6.45) is 5.25. The molecule has 1 aliphatic heterocycles. The van der Waals surface area contributed by atoms with Gasteiger partial charge in [0.2, 0.25) is 5.91 Å². The largest absolute Gasteiger partial charge is 0.306 e. The van der Waals surface area contributed by atoms with Crippen LogP contribution in [0.15, 0.2) is 5.16 Å². The maximum Gasteiger partial charge on any atom is 0.247 e. The van der Waals surface area contributed by atoms with E-state index in [-0.39, 0.29) is 11.2 Å². The normalized spacial score (nSPS) is 16.8. The lowest BCUT2D eigenvalue weighted by Gasteiger charge is -2.13. The second kappa shape index (κ2) is 6.19. The molecule has 18 heavy (non-hydrogen) atoms. The molecule has 2 heterocycles. The Hall–Kier alpha value is -1.08. The minimum atomic E-state index is -0.202. The lowest BCUT2D eigenvalue weighted by atomic mass is 10.2. The molecule has 0 aromatic carbocycles. The number of hydrogen-bond donors (Lipinski definition) is 2. The maximum absolute atomic E-state index is 11.6. The average Bonchev–Trinajstić information content (AvgIpc) is 2.63. The lowest BCUT2D eigenvalue weighted by Crippen LogP contribution is -2.37. The van der Waals surface area contributed by atoms with Gasteiger partial charge in [-0.3, -0.25) is 10.2 Å². The van der Waals surface area contributed by atoms with Crippen LogP contribution in [0.2, 0.25) is 0 Å². The van der Waals surface area contributed by atoms with Crippen molar-refractivity contribution in [2.24, 2.45) is 5.84 Å². The Balaban J connectivity index is 2.13. The molecule has 2 rings (SSSR count). The SMILES string of the molecule is CCC(Sc1nnc2n1CCCCC2)C(=O)NN. The van der Waals surface area contributed by atoms with Crippen molar-refractivity contribution in [1.29, 1.82) is 0 Å². The van der Waals surface area contributed by atoms with E-state index in [1.165, 1.54) is 24.6 Å². The van der Waals surface area contributed by atoms with E-state index in [9.17, 15) is 4.79 Å². The summed E-state index contributed by atoms with van der Waals surface area (Å²) in [4.78, 5) is 11.6. The summed E-state index contributed by atoms with van der Waals surface area (Å²) in [7, 11) is 0. The van der Waals surface area contributed by atoms with Crippen molar-refractivity contribution in [2.45, 2.75) is 56.0 Å². The molecule has 0 fully saturated rings. The first-order chi connectivity index (χ1) is 8.76. The number of fused-ring (bicyclic) bond motifs is 1. The summed E-state index contributed by atoms with van der Waals surface area (Å²) in [5.41, 5.74) is 2.20. The van der Waals surface area contributed by atoms with E-state index >= 15 is 0 Å². The molecule has 7 heteroatoms. The Morgan fingerprint density at radius 2 is 2.33 bits per heavy atom. The summed E-state index contributed by atoms with van der Waals surface area (Å²) in [5.74, 6) is 6.07. The highest BCUT2D eigenvalue weighted by molar-refractivity contribution is 8.00. The highest BCUT2D eigenvalue weighted by atomic mass is 32.2. The number of nitrogens with one attached hydrogen (secondary N) is 1. The fourth-order valence-corrected chi connectivity index (χ4v) is 3.10. The average molecular weight is 269 g/mol. The smallest absolute Gasteiger partial charge is 0.247 e. The van der Waals surface area contributed by atoms with Gasteiger partial charge in [0.25, 0.3) is 0 Å². The van der Waals surface area contributed by atoms with E-state index in [0.29, 0.717) is 0 Å². The molecule has 1 aromatic rings. The van der Waals surface area contributed by atoms with Gasteiger partial charge in [0.1, 0.15) is 5.82 Å². The molecule has 0 bridgehead atoms. The van der Waals surface area contributed by atoms with Crippen LogP contribution in [0.3, 0.4) is 0 Å². The van der Waals surface area contributed by atoms with Crippen molar-refractivity contribution in [2.75, 3.05) is 0 Å². The van der Waals surface area contributed by atoms with E-state index in [2.05, 4.69) is 20.2 Å². The van der Waals surface area contributed by atoms with Gasteiger partial charge in [0, 0.05) is 13.0 Å². The fraction of sp³-hybridized carbons (Fsp3) is 0.727. The van der Waals surface area contributed by atoms with Gasteiger partial charge in [0.05, 0.1) is 5.25 Å². The van der Waals surface area contributed by atoms with E-state index in [1.807, 2.05) is 6.92 Å². The predicted octanol–water partition coefficient (Wildman–Crippen LogP) is 0.865. The Morgan fingerprint density at radius 3 is 3.06 bits per heavy atom. The maximum atomic E-state index is 11.6. The van der Waals surface area contributed by atoms with Crippen molar-refractivity contribution in [3.05, 3.63) is 5.82 Å². The van der Waals surface area contributed by atoms with Gasteiger partial charge in [-0.05, 0) is 19.3 Å². The summed E-state index contributed by atoms with van der Waals surface area (Å²) in [6.45, 7) is 2.91. The molecule has 1 aromatic heterocycles. The van der Waals surface area contributed by atoms with Crippen molar-refractivity contribution < 1.29 is 4.79 Å². The molecule has 0 spiro atoms. The number of aryl methyl sites for hydroxylation is 1. The van der Waals surface area contributed by atoms with Gasteiger partial charge in [-0.25, -0.2) is 5.84 Å². The number of thioether (sulfide) groups is 1. The Labute approximate surface area is 111 Å². The van der Waals surface area contributed by atoms with Gasteiger partial charge >= 0.3 is 0 Å². The summed E-state index contributed by atoms with van der Waals surface area (Å²) >= 11 is 1.45. The lowest BCUT2D eigenvalue weighted by molar-refractivity contribution is -0.120. The number of amides is 1. The van der Waals surface area contributed by atoms with Crippen LogP contribution < -0.4 is 11.3 Å². The van der Waals surface area contributed by atoms with Crippen LogP contribution in [0.25, 0.3) is 0 Å². The van der Waals surface area contributed by atoms with Gasteiger partial charge in [-0.2, -0.15) is 0 Å². The third-order valence-corrected chi connectivity index (χ3v) is 4.47. The van der Waals surface area contributed by atoms with E-state index < -0.39 is 0 Å². The Morgan fingerprint density at radius 1 is 1.50 bits per heavy atom. The molecule has 100 valence electrons. The molecule has 1 aliphatic rings. The first kappa shape index (κ1) is 13.4. The predicted molar refractivity (Wildman–Crippen MR) is 69.8 cm³/mol. The summed E-state index contributed by atoms with van der Waals surface area (Å²) < 4.78 is 2.14. The number of hydrogen-bond acceptors (Lipinski definition) is 5. The third-order valence-electron chi connectivity index (χ3n) is 3.13. The third kappa shape index (κ3) is 2.84. The minimum absolute atomic E-state index is 0.159. The molecule has 1 amide bonds. The van der Waals surface area contributed by atoms with Crippen LogP contribution >= 0.6 is 11.8 Å². The monoisotopic (exact) mass is 269 g/mol. The quantitative estimate of drug-likeness (QED) is 0.366. The Kier molecular flexibility index (Phi) is 4.60. The number of aromatic nitrogens is 3. The number of hydrazine groups is 1. The topological polar surface area (TPSA) is 85.8 Å². The molecule has 0 saturated carbocycles. The number of carbonyl (C=O) groups excluding carboxylic acids is 1. The highest BCUT2D eigenvalue weighted by Crippen LogP contribution is 2.26. The molecule has 0 aliphatic carbocycles. The number of carbonyl (C=O) groups is 1. The summed E-state index contributed by atoms with van der Waals surface area (Å²) in [5, 5.41) is 9.05.